The van der Waals surface area contributed by atoms with Gasteiger partial charge in [-0.25, -0.2) is 13.1 Å². The van der Waals surface area contributed by atoms with Crippen LogP contribution in [0.2, 0.25) is 0 Å². The van der Waals surface area contributed by atoms with Crippen LogP contribution in [0.3, 0.4) is 0 Å². The highest BCUT2D eigenvalue weighted by atomic mass is 32.2. The van der Waals surface area contributed by atoms with Gasteiger partial charge in [-0.2, -0.15) is 0 Å². The average Bonchev–Trinajstić information content (AvgIpc) is 3.02. The van der Waals surface area contributed by atoms with Crippen LogP contribution in [0.1, 0.15) is 26.2 Å². The summed E-state index contributed by atoms with van der Waals surface area (Å²) in [5.41, 5.74) is 0. The third-order valence-electron chi connectivity index (χ3n) is 4.99. The molecule has 2 aromatic carbocycles. The Balaban J connectivity index is 1.61. The van der Waals surface area contributed by atoms with Gasteiger partial charge in [0.25, 0.3) is 0 Å². The molecule has 0 radical (unpaired) electrons. The molecule has 136 valence electrons. The van der Waals surface area contributed by atoms with E-state index in [1.54, 1.807) is 18.2 Å². The second kappa shape index (κ2) is 7.83. The van der Waals surface area contributed by atoms with Crippen LogP contribution in [0.4, 0.5) is 0 Å². The summed E-state index contributed by atoms with van der Waals surface area (Å²) in [4.78, 5) is 2.61. The summed E-state index contributed by atoms with van der Waals surface area (Å²) >= 11 is 0. The Bertz CT molecular complexity index is 817. The second-order valence-electron chi connectivity index (χ2n) is 6.80. The molecule has 0 spiro atoms. The number of nitrogens with zero attached hydrogens (tertiary/aromatic N) is 1. The van der Waals surface area contributed by atoms with E-state index < -0.39 is 16.1 Å². The topological polar surface area (TPSA) is 69.6 Å². The summed E-state index contributed by atoms with van der Waals surface area (Å²) < 4.78 is 27.8. The first-order chi connectivity index (χ1) is 12.0. The van der Waals surface area contributed by atoms with Gasteiger partial charge in [0, 0.05) is 24.5 Å². The predicted octanol–water partition coefficient (Wildman–Crippen LogP) is 2.35. The molecule has 1 heterocycles. The quantitative estimate of drug-likeness (QED) is 0.793. The highest BCUT2D eigenvalue weighted by molar-refractivity contribution is 7.89. The minimum atomic E-state index is -3.65. The molecule has 0 saturated carbocycles. The van der Waals surface area contributed by atoms with E-state index in [9.17, 15) is 13.5 Å². The molecule has 0 aliphatic carbocycles. The largest absolute Gasteiger partial charge is 0.392 e. The summed E-state index contributed by atoms with van der Waals surface area (Å²) in [7, 11) is -3.65. The van der Waals surface area contributed by atoms with E-state index in [0.717, 1.165) is 18.5 Å². The molecule has 2 aromatic rings. The SMILES string of the molecule is CC1CCCN1CC[C@@H](O)CNS(=O)(=O)c1cccc2ccccc12. The number of aliphatic hydroxyl groups excluding tert-OH is 1. The molecule has 1 fully saturated rings. The minimum absolute atomic E-state index is 0.0355. The molecule has 0 amide bonds. The maximum absolute atomic E-state index is 12.6. The summed E-state index contributed by atoms with van der Waals surface area (Å²) in [6, 6.07) is 13.2. The van der Waals surface area contributed by atoms with E-state index >= 15 is 0 Å². The van der Waals surface area contributed by atoms with Crippen molar-refractivity contribution in [2.75, 3.05) is 19.6 Å². The van der Waals surface area contributed by atoms with Crippen LogP contribution >= 0.6 is 0 Å². The zero-order valence-electron chi connectivity index (χ0n) is 14.6. The molecule has 0 bridgehead atoms. The van der Waals surface area contributed by atoms with Crippen molar-refractivity contribution in [2.45, 2.75) is 43.2 Å². The van der Waals surface area contributed by atoms with Crippen molar-refractivity contribution in [3.8, 4) is 0 Å². The molecular formula is C19H26N2O3S. The molecule has 1 aliphatic rings. The van der Waals surface area contributed by atoms with Gasteiger partial charge in [-0.15, -0.1) is 0 Å². The standard InChI is InChI=1S/C19H26N2O3S/c1-15-6-5-12-21(15)13-11-17(22)14-20-25(23,24)19-10-4-8-16-7-2-3-9-18(16)19/h2-4,7-10,15,17,20,22H,5-6,11-14H2,1H3/t15?,17-/m1/s1. The van der Waals surface area contributed by atoms with E-state index in [0.29, 0.717) is 17.8 Å². The number of nitrogens with one attached hydrogen (secondary N) is 1. The fraction of sp³-hybridized carbons (Fsp3) is 0.474. The van der Waals surface area contributed by atoms with Gasteiger partial charge in [0.05, 0.1) is 11.0 Å². The molecule has 3 rings (SSSR count). The number of hydrogen-bond donors (Lipinski definition) is 2. The van der Waals surface area contributed by atoms with Crippen LogP contribution in [0.25, 0.3) is 10.8 Å². The van der Waals surface area contributed by atoms with Gasteiger partial charge in [-0.1, -0.05) is 36.4 Å². The second-order valence-corrected chi connectivity index (χ2v) is 8.53. The fourth-order valence-electron chi connectivity index (χ4n) is 3.46. The molecule has 2 atom stereocenters. The lowest BCUT2D eigenvalue weighted by Crippen LogP contribution is -2.36. The lowest BCUT2D eigenvalue weighted by molar-refractivity contribution is 0.142. The van der Waals surface area contributed by atoms with Gasteiger partial charge in [-0.05, 0) is 44.2 Å². The van der Waals surface area contributed by atoms with Crippen LogP contribution in [-0.2, 0) is 10.0 Å². The van der Waals surface area contributed by atoms with Gasteiger partial charge in [0.15, 0.2) is 0 Å². The number of benzene rings is 2. The van der Waals surface area contributed by atoms with Gasteiger partial charge in [0.2, 0.25) is 10.0 Å². The third kappa shape index (κ3) is 4.39. The monoisotopic (exact) mass is 362 g/mol. The normalized spacial score (nSPS) is 20.2. The Kier molecular flexibility index (Phi) is 5.74. The number of fused-ring (bicyclic) bond motifs is 1. The number of rotatable bonds is 7. The molecule has 5 nitrogen and oxygen atoms in total. The third-order valence-corrected chi connectivity index (χ3v) is 6.47. The molecule has 6 heteroatoms. The van der Waals surface area contributed by atoms with Gasteiger partial charge >= 0.3 is 0 Å². The maximum atomic E-state index is 12.6. The molecule has 1 aliphatic heterocycles. The summed E-state index contributed by atoms with van der Waals surface area (Å²) in [5.74, 6) is 0. The Morgan fingerprint density at radius 3 is 2.76 bits per heavy atom. The number of likely N-dealkylation sites (tertiary alicyclic amines) is 1. The van der Waals surface area contributed by atoms with E-state index in [1.165, 1.54) is 12.8 Å². The van der Waals surface area contributed by atoms with E-state index in [-0.39, 0.29) is 11.4 Å². The molecule has 1 unspecified atom stereocenters. The molecule has 1 saturated heterocycles. The van der Waals surface area contributed by atoms with Crippen molar-refractivity contribution < 1.29 is 13.5 Å². The van der Waals surface area contributed by atoms with Gasteiger partial charge < -0.3 is 10.0 Å². The predicted molar refractivity (Wildman–Crippen MR) is 100 cm³/mol. The summed E-state index contributed by atoms with van der Waals surface area (Å²) in [6.07, 6.45) is 2.29. The van der Waals surface area contributed by atoms with Crippen molar-refractivity contribution in [1.82, 2.24) is 9.62 Å². The first-order valence-corrected chi connectivity index (χ1v) is 10.4. The van der Waals surface area contributed by atoms with E-state index in [1.807, 2.05) is 24.3 Å². The first kappa shape index (κ1) is 18.3. The number of hydrogen-bond acceptors (Lipinski definition) is 4. The number of sulfonamides is 1. The van der Waals surface area contributed by atoms with Crippen molar-refractivity contribution in [3.63, 3.8) is 0 Å². The van der Waals surface area contributed by atoms with Crippen molar-refractivity contribution >= 4 is 20.8 Å². The Hall–Kier alpha value is -1.47. The Morgan fingerprint density at radius 2 is 2.00 bits per heavy atom. The fourth-order valence-corrected chi connectivity index (χ4v) is 4.76. The molecule has 2 N–H and O–H groups in total. The number of aliphatic hydroxyl groups is 1. The van der Waals surface area contributed by atoms with Crippen molar-refractivity contribution in [2.24, 2.45) is 0 Å². The van der Waals surface area contributed by atoms with Crippen molar-refractivity contribution in [1.29, 1.82) is 0 Å². The zero-order valence-corrected chi connectivity index (χ0v) is 15.4. The van der Waals surface area contributed by atoms with Gasteiger partial charge in [0.1, 0.15) is 0 Å². The molecule has 25 heavy (non-hydrogen) atoms. The molecular weight excluding hydrogens is 336 g/mol. The average molecular weight is 362 g/mol. The van der Waals surface area contributed by atoms with Crippen LogP contribution in [0.15, 0.2) is 47.4 Å². The Labute approximate surface area is 149 Å². The van der Waals surface area contributed by atoms with Crippen LogP contribution in [0, 0.1) is 0 Å². The molecule has 0 aromatic heterocycles. The van der Waals surface area contributed by atoms with Crippen molar-refractivity contribution in [3.05, 3.63) is 42.5 Å². The van der Waals surface area contributed by atoms with Crippen LogP contribution in [0.5, 0.6) is 0 Å². The highest BCUT2D eigenvalue weighted by Crippen LogP contribution is 2.22. The summed E-state index contributed by atoms with van der Waals surface area (Å²) in [6.45, 7) is 4.10. The lowest BCUT2D eigenvalue weighted by atomic mass is 10.1. The smallest absolute Gasteiger partial charge is 0.241 e. The first-order valence-electron chi connectivity index (χ1n) is 8.87. The van der Waals surface area contributed by atoms with Gasteiger partial charge in [-0.3, -0.25) is 0 Å². The maximum Gasteiger partial charge on any atom is 0.241 e. The highest BCUT2D eigenvalue weighted by Gasteiger charge is 2.22. The zero-order chi connectivity index (χ0) is 17.9. The minimum Gasteiger partial charge on any atom is -0.392 e. The van der Waals surface area contributed by atoms with Crippen LogP contribution < -0.4 is 4.72 Å². The van der Waals surface area contributed by atoms with Crippen LogP contribution in [-0.4, -0.2) is 50.2 Å². The lowest BCUT2D eigenvalue weighted by Gasteiger charge is -2.22. The Morgan fingerprint density at radius 1 is 1.24 bits per heavy atom. The van der Waals surface area contributed by atoms with E-state index in [4.69, 9.17) is 0 Å². The van der Waals surface area contributed by atoms with E-state index in [2.05, 4.69) is 16.5 Å². The summed E-state index contributed by atoms with van der Waals surface area (Å²) in [5, 5.41) is 11.7.